The monoisotopic (exact) mass is 489 g/mol. The van der Waals surface area contributed by atoms with E-state index in [4.69, 9.17) is 4.98 Å². The first-order chi connectivity index (χ1) is 18.2. The average molecular weight is 490 g/mol. The number of carbonyl (C=O) groups excluding carboxylic acids is 2. The third-order valence-corrected chi connectivity index (χ3v) is 7.78. The molecule has 6 rings (SSSR count). The summed E-state index contributed by atoms with van der Waals surface area (Å²) in [5.41, 5.74) is 5.58. The molecule has 2 aliphatic rings. The van der Waals surface area contributed by atoms with Gasteiger partial charge >= 0.3 is 0 Å². The van der Waals surface area contributed by atoms with Gasteiger partial charge in [-0.15, -0.1) is 0 Å². The highest BCUT2D eigenvalue weighted by Gasteiger charge is 2.32. The molecular weight excluding hydrogens is 458 g/mol. The Hall–Kier alpha value is -3.99. The van der Waals surface area contributed by atoms with Gasteiger partial charge in [-0.05, 0) is 48.9 Å². The Balaban J connectivity index is 1.25. The molecule has 0 saturated carbocycles. The minimum Gasteiger partial charge on any atom is -0.342 e. The molecule has 0 spiro atoms. The Labute approximate surface area is 217 Å². The van der Waals surface area contributed by atoms with Gasteiger partial charge in [0.25, 0.3) is 5.91 Å². The summed E-state index contributed by atoms with van der Waals surface area (Å²) < 4.78 is 0. The Morgan fingerprint density at radius 2 is 1.30 bits per heavy atom. The molecule has 0 N–H and O–H groups in total. The van der Waals surface area contributed by atoms with Crippen molar-refractivity contribution in [2.75, 3.05) is 26.2 Å². The van der Waals surface area contributed by atoms with Gasteiger partial charge in [-0.25, -0.2) is 4.98 Å². The zero-order chi connectivity index (χ0) is 25.2. The number of para-hydroxylation sites is 1. The normalized spacial score (nSPS) is 16.3. The molecule has 0 aliphatic carbocycles. The molecule has 5 heteroatoms. The number of carbonyl (C=O) groups is 2. The standard InChI is InChI=1S/C32H31N3O2/c36-31(34-18-6-7-19-34)26-16-20-35(21-17-26)32(37)28-22-30(33-29-11-5-4-10-27(28)29)25-14-12-24(13-15-25)23-8-2-1-3-9-23/h1-5,8-15,22,26H,6-7,16-21H2. The summed E-state index contributed by atoms with van der Waals surface area (Å²) in [6, 6.07) is 28.4. The van der Waals surface area contributed by atoms with Gasteiger partial charge in [0, 0.05) is 43.0 Å². The first-order valence-electron chi connectivity index (χ1n) is 13.3. The molecule has 37 heavy (non-hydrogen) atoms. The van der Waals surface area contributed by atoms with E-state index in [1.165, 1.54) is 5.56 Å². The lowest BCUT2D eigenvalue weighted by atomic mass is 9.94. The summed E-state index contributed by atoms with van der Waals surface area (Å²) in [6.07, 6.45) is 3.68. The fourth-order valence-corrected chi connectivity index (χ4v) is 5.66. The minimum absolute atomic E-state index is 0.0211. The number of benzene rings is 3. The van der Waals surface area contributed by atoms with Crippen LogP contribution in [0.25, 0.3) is 33.3 Å². The maximum absolute atomic E-state index is 13.8. The van der Waals surface area contributed by atoms with Crippen molar-refractivity contribution in [2.45, 2.75) is 25.7 Å². The quantitative estimate of drug-likeness (QED) is 0.351. The van der Waals surface area contributed by atoms with Gasteiger partial charge in [-0.1, -0.05) is 72.8 Å². The molecule has 0 atom stereocenters. The summed E-state index contributed by atoms with van der Waals surface area (Å²) in [6.45, 7) is 2.99. The molecule has 2 fully saturated rings. The Bertz CT molecular complexity index is 1420. The largest absolute Gasteiger partial charge is 0.342 e. The summed E-state index contributed by atoms with van der Waals surface area (Å²) in [4.78, 5) is 35.4. The van der Waals surface area contributed by atoms with Gasteiger partial charge in [-0.2, -0.15) is 0 Å². The van der Waals surface area contributed by atoms with Gasteiger partial charge < -0.3 is 9.80 Å². The van der Waals surface area contributed by atoms with Crippen LogP contribution in [0.1, 0.15) is 36.0 Å². The van der Waals surface area contributed by atoms with Crippen molar-refractivity contribution in [3.63, 3.8) is 0 Å². The van der Waals surface area contributed by atoms with E-state index < -0.39 is 0 Å². The van der Waals surface area contributed by atoms with Crippen LogP contribution >= 0.6 is 0 Å². The van der Waals surface area contributed by atoms with Crippen LogP contribution in [-0.2, 0) is 4.79 Å². The van der Waals surface area contributed by atoms with Gasteiger partial charge in [0.05, 0.1) is 16.8 Å². The number of likely N-dealkylation sites (tertiary alicyclic amines) is 2. The van der Waals surface area contributed by atoms with Crippen molar-refractivity contribution in [1.82, 2.24) is 14.8 Å². The zero-order valence-electron chi connectivity index (χ0n) is 21.0. The van der Waals surface area contributed by atoms with E-state index in [1.807, 2.05) is 58.3 Å². The number of amides is 2. The molecule has 186 valence electrons. The molecule has 0 unspecified atom stereocenters. The fourth-order valence-electron chi connectivity index (χ4n) is 5.66. The summed E-state index contributed by atoms with van der Waals surface area (Å²) in [5.74, 6) is 0.336. The molecule has 2 aliphatic heterocycles. The first-order valence-corrected chi connectivity index (χ1v) is 13.3. The number of pyridine rings is 1. The van der Waals surface area contributed by atoms with Gasteiger partial charge in [0.1, 0.15) is 0 Å². The van der Waals surface area contributed by atoms with Crippen molar-refractivity contribution >= 4 is 22.7 Å². The predicted molar refractivity (Wildman–Crippen MR) is 147 cm³/mol. The van der Waals surface area contributed by atoms with Gasteiger partial charge in [-0.3, -0.25) is 9.59 Å². The SMILES string of the molecule is O=C(c1cc(-c2ccc(-c3ccccc3)cc2)nc2ccccc12)N1CCC(C(=O)N2CCCC2)CC1. The van der Waals surface area contributed by atoms with Crippen LogP contribution in [0.15, 0.2) is 84.9 Å². The molecule has 4 aromatic rings. The lowest BCUT2D eigenvalue weighted by molar-refractivity contribution is -0.135. The van der Waals surface area contributed by atoms with Crippen molar-refractivity contribution < 1.29 is 9.59 Å². The fraction of sp³-hybridized carbons (Fsp3) is 0.281. The van der Waals surface area contributed by atoms with E-state index in [0.29, 0.717) is 18.7 Å². The van der Waals surface area contributed by atoms with Crippen LogP contribution < -0.4 is 0 Å². The molecular formula is C32H31N3O2. The van der Waals surface area contributed by atoms with Crippen LogP contribution in [0.5, 0.6) is 0 Å². The Morgan fingerprint density at radius 1 is 0.676 bits per heavy atom. The topological polar surface area (TPSA) is 53.5 Å². The molecule has 3 aromatic carbocycles. The first kappa shape index (κ1) is 23.4. The maximum Gasteiger partial charge on any atom is 0.254 e. The molecule has 0 radical (unpaired) electrons. The van der Waals surface area contributed by atoms with Crippen LogP contribution in [-0.4, -0.2) is 52.8 Å². The minimum atomic E-state index is 0.0211. The highest BCUT2D eigenvalue weighted by Crippen LogP contribution is 2.30. The summed E-state index contributed by atoms with van der Waals surface area (Å²) in [7, 11) is 0. The number of hydrogen-bond donors (Lipinski definition) is 0. The Morgan fingerprint density at radius 3 is 2.03 bits per heavy atom. The Kier molecular flexibility index (Phi) is 6.44. The number of aromatic nitrogens is 1. The smallest absolute Gasteiger partial charge is 0.254 e. The summed E-state index contributed by atoms with van der Waals surface area (Å²) >= 11 is 0. The summed E-state index contributed by atoms with van der Waals surface area (Å²) in [5, 5.41) is 0.868. The van der Waals surface area contributed by atoms with E-state index >= 15 is 0 Å². The van der Waals surface area contributed by atoms with E-state index in [-0.39, 0.29) is 17.7 Å². The molecule has 2 saturated heterocycles. The second-order valence-corrected chi connectivity index (χ2v) is 10.1. The lowest BCUT2D eigenvalue weighted by Crippen LogP contribution is -2.43. The second kappa shape index (κ2) is 10.2. The van der Waals surface area contributed by atoms with Crippen LogP contribution in [0.3, 0.4) is 0 Å². The van der Waals surface area contributed by atoms with E-state index in [2.05, 4.69) is 36.4 Å². The number of nitrogens with zero attached hydrogens (tertiary/aromatic N) is 3. The highest BCUT2D eigenvalue weighted by molar-refractivity contribution is 6.07. The third kappa shape index (κ3) is 4.74. The predicted octanol–water partition coefficient (Wildman–Crippen LogP) is 6.04. The van der Waals surface area contributed by atoms with Gasteiger partial charge in [0.2, 0.25) is 5.91 Å². The van der Waals surface area contributed by atoms with Crippen molar-refractivity contribution in [2.24, 2.45) is 5.92 Å². The lowest BCUT2D eigenvalue weighted by Gasteiger charge is -2.33. The van der Waals surface area contributed by atoms with Crippen LogP contribution in [0, 0.1) is 5.92 Å². The van der Waals surface area contributed by atoms with Crippen LogP contribution in [0.4, 0.5) is 0 Å². The number of piperidine rings is 1. The second-order valence-electron chi connectivity index (χ2n) is 10.1. The van der Waals surface area contributed by atoms with E-state index in [9.17, 15) is 9.59 Å². The maximum atomic E-state index is 13.8. The third-order valence-electron chi connectivity index (χ3n) is 7.78. The van der Waals surface area contributed by atoms with E-state index in [1.54, 1.807) is 0 Å². The molecule has 3 heterocycles. The molecule has 1 aromatic heterocycles. The number of hydrogen-bond acceptors (Lipinski definition) is 3. The van der Waals surface area contributed by atoms with Crippen molar-refractivity contribution in [3.05, 3.63) is 90.5 Å². The molecule has 0 bridgehead atoms. The number of rotatable bonds is 4. The van der Waals surface area contributed by atoms with Crippen molar-refractivity contribution in [3.8, 4) is 22.4 Å². The van der Waals surface area contributed by atoms with E-state index in [0.717, 1.165) is 66.5 Å². The van der Waals surface area contributed by atoms with Crippen LogP contribution in [0.2, 0.25) is 0 Å². The number of fused-ring (bicyclic) bond motifs is 1. The zero-order valence-corrected chi connectivity index (χ0v) is 21.0. The van der Waals surface area contributed by atoms with Gasteiger partial charge in [0.15, 0.2) is 0 Å². The molecule has 2 amide bonds. The average Bonchev–Trinajstić information content (AvgIpc) is 3.52. The molecule has 5 nitrogen and oxygen atoms in total. The van der Waals surface area contributed by atoms with Crippen molar-refractivity contribution in [1.29, 1.82) is 0 Å². The highest BCUT2D eigenvalue weighted by atomic mass is 16.2.